The lowest BCUT2D eigenvalue weighted by Gasteiger charge is -2.14. The number of hydrogen-bond acceptors (Lipinski definition) is 3. The molecule has 0 heterocycles. The van der Waals surface area contributed by atoms with Crippen molar-refractivity contribution in [3.63, 3.8) is 0 Å². The van der Waals surface area contributed by atoms with Crippen LogP contribution in [0, 0.1) is 0 Å². The van der Waals surface area contributed by atoms with Crippen LogP contribution >= 0.6 is 52.3 Å². The van der Waals surface area contributed by atoms with Crippen molar-refractivity contribution in [2.45, 2.75) is 13.2 Å². The second kappa shape index (κ2) is 12.8. The molecule has 0 fully saturated rings. The molecule has 2 aromatic rings. The molecule has 0 atom stereocenters. The van der Waals surface area contributed by atoms with E-state index in [0.29, 0.717) is 6.61 Å². The number of likely N-dealkylation sites (N-methyl/N-ethyl adjacent to an activating group) is 1. The zero-order valence-electron chi connectivity index (χ0n) is 14.3. The molecule has 2 rings (SSSR count). The van der Waals surface area contributed by atoms with Crippen molar-refractivity contribution in [1.82, 2.24) is 10.2 Å². The Labute approximate surface area is 176 Å². The SMILES string of the molecule is CN(C)CCNCc1cc(Br)ccc1OCc1ccc(Cl)cc1.Cl.Cl. The van der Waals surface area contributed by atoms with Gasteiger partial charge in [0.05, 0.1) is 0 Å². The number of nitrogens with zero attached hydrogens (tertiary/aromatic N) is 1. The highest BCUT2D eigenvalue weighted by Gasteiger charge is 2.05. The average Bonchev–Trinajstić information content (AvgIpc) is 2.52. The highest BCUT2D eigenvalue weighted by molar-refractivity contribution is 9.10. The maximum Gasteiger partial charge on any atom is 0.124 e. The van der Waals surface area contributed by atoms with E-state index in [-0.39, 0.29) is 24.8 Å². The Morgan fingerprint density at radius 3 is 2.40 bits per heavy atom. The third-order valence-electron chi connectivity index (χ3n) is 3.38. The topological polar surface area (TPSA) is 24.5 Å². The molecule has 0 aliphatic carbocycles. The highest BCUT2D eigenvalue weighted by Crippen LogP contribution is 2.24. The molecule has 0 aliphatic rings. The van der Waals surface area contributed by atoms with Gasteiger partial charge < -0.3 is 15.0 Å². The van der Waals surface area contributed by atoms with Gasteiger partial charge in [0.1, 0.15) is 12.4 Å². The predicted molar refractivity (Wildman–Crippen MR) is 115 cm³/mol. The van der Waals surface area contributed by atoms with E-state index in [9.17, 15) is 0 Å². The van der Waals surface area contributed by atoms with Gasteiger partial charge in [0.2, 0.25) is 0 Å². The first kappa shape index (κ1) is 24.5. The monoisotopic (exact) mass is 468 g/mol. The van der Waals surface area contributed by atoms with E-state index in [1.165, 1.54) is 0 Å². The molecule has 0 saturated carbocycles. The van der Waals surface area contributed by atoms with E-state index in [2.05, 4.69) is 46.3 Å². The largest absolute Gasteiger partial charge is 0.489 e. The van der Waals surface area contributed by atoms with Gasteiger partial charge in [0.25, 0.3) is 0 Å². The van der Waals surface area contributed by atoms with Crippen LogP contribution in [0.2, 0.25) is 5.02 Å². The molecular weight excluding hydrogens is 446 g/mol. The number of ether oxygens (including phenoxy) is 1. The number of nitrogens with one attached hydrogen (secondary N) is 1. The summed E-state index contributed by atoms with van der Waals surface area (Å²) in [7, 11) is 4.14. The van der Waals surface area contributed by atoms with Crippen molar-refractivity contribution < 1.29 is 4.74 Å². The van der Waals surface area contributed by atoms with Gasteiger partial charge in [-0.25, -0.2) is 0 Å². The van der Waals surface area contributed by atoms with Crippen molar-refractivity contribution >= 4 is 52.3 Å². The summed E-state index contributed by atoms with van der Waals surface area (Å²) in [6.07, 6.45) is 0. The fourth-order valence-electron chi connectivity index (χ4n) is 2.09. The average molecular weight is 471 g/mol. The van der Waals surface area contributed by atoms with Gasteiger partial charge in [-0.3, -0.25) is 0 Å². The maximum atomic E-state index is 5.98. The van der Waals surface area contributed by atoms with Crippen LogP contribution in [0.1, 0.15) is 11.1 Å². The first-order chi connectivity index (χ1) is 11.0. The molecule has 2 aromatic carbocycles. The molecule has 0 spiro atoms. The number of rotatable bonds is 8. The van der Waals surface area contributed by atoms with Crippen molar-refractivity contribution in [1.29, 1.82) is 0 Å². The molecule has 0 amide bonds. The maximum absolute atomic E-state index is 5.98. The lowest BCUT2D eigenvalue weighted by Crippen LogP contribution is -2.26. The lowest BCUT2D eigenvalue weighted by molar-refractivity contribution is 0.301. The third kappa shape index (κ3) is 9.13. The van der Waals surface area contributed by atoms with E-state index >= 15 is 0 Å². The number of halogens is 4. The Morgan fingerprint density at radius 2 is 1.76 bits per heavy atom. The van der Waals surface area contributed by atoms with Crippen LogP contribution in [0.25, 0.3) is 0 Å². The highest BCUT2D eigenvalue weighted by atomic mass is 79.9. The number of hydrogen-bond donors (Lipinski definition) is 1. The van der Waals surface area contributed by atoms with Crippen LogP contribution in [0.15, 0.2) is 46.9 Å². The quantitative estimate of drug-likeness (QED) is 0.538. The van der Waals surface area contributed by atoms with Crippen LogP contribution in [0.3, 0.4) is 0 Å². The summed E-state index contributed by atoms with van der Waals surface area (Å²) in [6, 6.07) is 13.8. The summed E-state index contributed by atoms with van der Waals surface area (Å²) in [6.45, 7) is 3.26. The van der Waals surface area contributed by atoms with E-state index in [0.717, 1.165) is 46.0 Å². The standard InChI is InChI=1S/C18H22BrClN2O.2ClH/c1-22(2)10-9-21-12-15-11-16(19)5-8-18(15)23-13-14-3-6-17(20)7-4-14;;/h3-8,11,21H,9-10,12-13H2,1-2H3;2*1H. The Bertz CT molecular complexity index is 624. The Kier molecular flexibility index (Phi) is 12.5. The fraction of sp³-hybridized carbons (Fsp3) is 0.333. The normalized spacial score (nSPS) is 10.1. The molecule has 140 valence electrons. The summed E-state index contributed by atoms with van der Waals surface area (Å²) in [5.74, 6) is 0.903. The molecular formula is C18H24BrCl3N2O. The van der Waals surface area contributed by atoms with E-state index in [1.807, 2.05) is 36.4 Å². The fourth-order valence-corrected chi connectivity index (χ4v) is 2.63. The van der Waals surface area contributed by atoms with E-state index < -0.39 is 0 Å². The molecule has 0 saturated heterocycles. The Balaban J connectivity index is 0.00000288. The van der Waals surface area contributed by atoms with E-state index in [1.54, 1.807) is 0 Å². The second-order valence-electron chi connectivity index (χ2n) is 5.65. The third-order valence-corrected chi connectivity index (χ3v) is 4.13. The zero-order chi connectivity index (χ0) is 16.7. The van der Waals surface area contributed by atoms with Crippen molar-refractivity contribution in [3.05, 3.63) is 63.1 Å². The van der Waals surface area contributed by atoms with Crippen molar-refractivity contribution in [3.8, 4) is 5.75 Å². The first-order valence-electron chi connectivity index (χ1n) is 7.56. The van der Waals surface area contributed by atoms with Crippen LogP contribution in [0.4, 0.5) is 0 Å². The molecule has 7 heteroatoms. The summed E-state index contributed by atoms with van der Waals surface area (Å²) in [5.41, 5.74) is 2.25. The van der Waals surface area contributed by atoms with Crippen molar-refractivity contribution in [2.24, 2.45) is 0 Å². The molecule has 0 radical (unpaired) electrons. The second-order valence-corrected chi connectivity index (χ2v) is 7.00. The van der Waals surface area contributed by atoms with Crippen LogP contribution in [-0.2, 0) is 13.2 Å². The van der Waals surface area contributed by atoms with Gasteiger partial charge in [-0.2, -0.15) is 0 Å². The molecule has 1 N–H and O–H groups in total. The van der Waals surface area contributed by atoms with Gasteiger partial charge >= 0.3 is 0 Å². The smallest absolute Gasteiger partial charge is 0.124 e. The zero-order valence-corrected chi connectivity index (χ0v) is 18.3. The Hall–Kier alpha value is -0.490. The summed E-state index contributed by atoms with van der Waals surface area (Å²) in [5, 5.41) is 4.19. The van der Waals surface area contributed by atoms with Crippen molar-refractivity contribution in [2.75, 3.05) is 27.2 Å². The minimum Gasteiger partial charge on any atom is -0.489 e. The van der Waals surface area contributed by atoms with Gasteiger partial charge in [-0.05, 0) is 50.0 Å². The first-order valence-corrected chi connectivity index (χ1v) is 8.73. The van der Waals surface area contributed by atoms with Gasteiger partial charge in [0.15, 0.2) is 0 Å². The molecule has 3 nitrogen and oxygen atoms in total. The lowest BCUT2D eigenvalue weighted by atomic mass is 10.2. The minimum absolute atomic E-state index is 0. The predicted octanol–water partition coefficient (Wildman–Crippen LogP) is 5.18. The molecule has 25 heavy (non-hydrogen) atoms. The van der Waals surface area contributed by atoms with Crippen LogP contribution in [0.5, 0.6) is 5.75 Å². The van der Waals surface area contributed by atoms with Crippen LogP contribution < -0.4 is 10.1 Å². The summed E-state index contributed by atoms with van der Waals surface area (Å²) >= 11 is 9.43. The summed E-state index contributed by atoms with van der Waals surface area (Å²) < 4.78 is 7.04. The Morgan fingerprint density at radius 1 is 1.08 bits per heavy atom. The summed E-state index contributed by atoms with van der Waals surface area (Å²) in [4.78, 5) is 2.16. The molecule has 0 bridgehead atoms. The van der Waals surface area contributed by atoms with Gasteiger partial charge in [-0.1, -0.05) is 39.7 Å². The minimum atomic E-state index is 0. The van der Waals surface area contributed by atoms with Gasteiger partial charge in [-0.15, -0.1) is 24.8 Å². The van der Waals surface area contributed by atoms with E-state index in [4.69, 9.17) is 16.3 Å². The molecule has 0 unspecified atom stereocenters. The molecule has 0 aliphatic heterocycles. The van der Waals surface area contributed by atoms with Crippen LogP contribution in [-0.4, -0.2) is 32.1 Å². The molecule has 0 aromatic heterocycles. The van der Waals surface area contributed by atoms with Gasteiger partial charge in [0, 0.05) is 34.7 Å². The number of benzene rings is 2.